The minimum absolute atomic E-state index is 0.156. The van der Waals surface area contributed by atoms with Gasteiger partial charge in [0.25, 0.3) is 0 Å². The third-order valence-corrected chi connectivity index (χ3v) is 2.06. The van der Waals surface area contributed by atoms with E-state index >= 15 is 0 Å². The van der Waals surface area contributed by atoms with Gasteiger partial charge in [-0.25, -0.2) is 0 Å². The highest BCUT2D eigenvalue weighted by atomic mass is 16.1. The molecule has 0 aromatic rings. The van der Waals surface area contributed by atoms with Crippen molar-refractivity contribution in [3.8, 4) is 0 Å². The Kier molecular flexibility index (Phi) is 2.64. The number of hydrogen-bond acceptors (Lipinski definition) is 1. The molecule has 1 atom stereocenters. The number of ketones is 1. The van der Waals surface area contributed by atoms with Gasteiger partial charge >= 0.3 is 0 Å². The van der Waals surface area contributed by atoms with Crippen LogP contribution in [0, 0.1) is 5.92 Å². The third kappa shape index (κ3) is 2.34. The summed E-state index contributed by atoms with van der Waals surface area (Å²) in [5.74, 6) is 0.438. The number of rotatable bonds is 1. The highest BCUT2D eigenvalue weighted by molar-refractivity contribution is 5.80. The molecular weight excluding hydrogens is 136 g/mol. The summed E-state index contributed by atoms with van der Waals surface area (Å²) in [7, 11) is 0. The second-order valence-corrected chi connectivity index (χ2v) is 3.10. The molecule has 1 nitrogen and oxygen atoms in total. The topological polar surface area (TPSA) is 17.1 Å². The summed E-state index contributed by atoms with van der Waals surface area (Å²) in [6.07, 6.45) is 8.24. The van der Waals surface area contributed by atoms with Gasteiger partial charge < -0.3 is 0 Å². The Balaban J connectivity index is 2.64. The Morgan fingerprint density at radius 3 is 3.00 bits per heavy atom. The second kappa shape index (κ2) is 3.51. The maximum absolute atomic E-state index is 11.0. The smallest absolute Gasteiger partial charge is 0.136 e. The Morgan fingerprint density at radius 1 is 1.64 bits per heavy atom. The summed E-state index contributed by atoms with van der Waals surface area (Å²) < 4.78 is 0. The lowest BCUT2D eigenvalue weighted by atomic mass is 10.0. The number of allylic oxidation sites excluding steroid dienone is 4. The van der Waals surface area contributed by atoms with Gasteiger partial charge in [0.1, 0.15) is 5.78 Å². The summed E-state index contributed by atoms with van der Waals surface area (Å²) in [6.45, 7) is 3.73. The van der Waals surface area contributed by atoms with Crippen LogP contribution < -0.4 is 0 Å². The molecule has 1 aliphatic rings. The number of Topliss-reactive ketones (excluding diaryl/α,β-unsaturated/α-hetero) is 1. The molecule has 0 saturated heterocycles. The maximum atomic E-state index is 11.0. The van der Waals surface area contributed by atoms with E-state index in [1.165, 1.54) is 5.57 Å². The SMILES string of the molecule is CC(=O)C1C=CC(C)=CCC1. The predicted molar refractivity (Wildman–Crippen MR) is 46.3 cm³/mol. The maximum Gasteiger partial charge on any atom is 0.136 e. The summed E-state index contributed by atoms with van der Waals surface area (Å²) >= 11 is 0. The van der Waals surface area contributed by atoms with E-state index in [-0.39, 0.29) is 11.7 Å². The zero-order valence-electron chi connectivity index (χ0n) is 7.13. The van der Waals surface area contributed by atoms with Crippen LogP contribution in [0.4, 0.5) is 0 Å². The standard InChI is InChI=1S/C10H14O/c1-8-4-3-5-10(7-6-8)9(2)11/h4,6-7,10H,3,5H2,1-2H3. The molecule has 0 aromatic carbocycles. The van der Waals surface area contributed by atoms with Crippen molar-refractivity contribution in [2.75, 3.05) is 0 Å². The molecule has 0 fully saturated rings. The van der Waals surface area contributed by atoms with E-state index in [0.29, 0.717) is 0 Å². The van der Waals surface area contributed by atoms with Crippen LogP contribution in [0.2, 0.25) is 0 Å². The second-order valence-electron chi connectivity index (χ2n) is 3.10. The minimum Gasteiger partial charge on any atom is -0.299 e. The molecule has 1 unspecified atom stereocenters. The van der Waals surface area contributed by atoms with E-state index in [9.17, 15) is 4.79 Å². The molecule has 60 valence electrons. The highest BCUT2D eigenvalue weighted by Crippen LogP contribution is 2.16. The van der Waals surface area contributed by atoms with Crippen LogP contribution in [-0.2, 0) is 4.79 Å². The van der Waals surface area contributed by atoms with Crippen LogP contribution in [-0.4, -0.2) is 5.78 Å². The monoisotopic (exact) mass is 150 g/mol. The lowest BCUT2D eigenvalue weighted by molar-refractivity contribution is -0.119. The molecule has 1 heteroatoms. The lowest BCUT2D eigenvalue weighted by Crippen LogP contribution is -2.06. The molecule has 0 amide bonds. The molecule has 1 rings (SSSR count). The lowest BCUT2D eigenvalue weighted by Gasteiger charge is -2.03. The van der Waals surface area contributed by atoms with Crippen molar-refractivity contribution in [2.24, 2.45) is 5.92 Å². The van der Waals surface area contributed by atoms with Gasteiger partial charge in [-0.2, -0.15) is 0 Å². The van der Waals surface area contributed by atoms with Gasteiger partial charge in [0.2, 0.25) is 0 Å². The fourth-order valence-electron chi connectivity index (χ4n) is 1.26. The van der Waals surface area contributed by atoms with Crippen molar-refractivity contribution in [1.29, 1.82) is 0 Å². The Bertz CT molecular complexity index is 211. The summed E-state index contributed by atoms with van der Waals surface area (Å²) in [6, 6.07) is 0. The Hall–Kier alpha value is -0.850. The highest BCUT2D eigenvalue weighted by Gasteiger charge is 2.10. The van der Waals surface area contributed by atoms with Gasteiger partial charge in [-0.1, -0.05) is 23.8 Å². The Labute approximate surface area is 67.8 Å². The zero-order valence-corrected chi connectivity index (χ0v) is 7.13. The first-order valence-corrected chi connectivity index (χ1v) is 4.05. The molecule has 0 aromatic heterocycles. The van der Waals surface area contributed by atoms with Gasteiger partial charge in [-0.05, 0) is 26.7 Å². The van der Waals surface area contributed by atoms with Crippen LogP contribution in [0.5, 0.6) is 0 Å². The average Bonchev–Trinajstić information content (AvgIpc) is 2.13. The van der Waals surface area contributed by atoms with E-state index in [4.69, 9.17) is 0 Å². The normalized spacial score (nSPS) is 24.2. The number of hydrogen-bond donors (Lipinski definition) is 0. The third-order valence-electron chi connectivity index (χ3n) is 2.06. The van der Waals surface area contributed by atoms with Crippen LogP contribution in [0.1, 0.15) is 26.7 Å². The van der Waals surface area contributed by atoms with E-state index < -0.39 is 0 Å². The van der Waals surface area contributed by atoms with Crippen LogP contribution in [0.25, 0.3) is 0 Å². The quantitative estimate of drug-likeness (QED) is 0.561. The molecule has 0 aliphatic heterocycles. The van der Waals surface area contributed by atoms with Gasteiger partial charge in [0.15, 0.2) is 0 Å². The van der Waals surface area contributed by atoms with E-state index in [2.05, 4.69) is 13.0 Å². The molecule has 11 heavy (non-hydrogen) atoms. The van der Waals surface area contributed by atoms with Crippen molar-refractivity contribution < 1.29 is 4.79 Å². The first kappa shape index (κ1) is 8.25. The fourth-order valence-corrected chi connectivity index (χ4v) is 1.26. The van der Waals surface area contributed by atoms with Crippen LogP contribution in [0.3, 0.4) is 0 Å². The van der Waals surface area contributed by atoms with Crippen molar-refractivity contribution >= 4 is 5.78 Å². The Morgan fingerprint density at radius 2 is 2.36 bits per heavy atom. The molecule has 0 radical (unpaired) electrons. The van der Waals surface area contributed by atoms with Crippen molar-refractivity contribution in [3.05, 3.63) is 23.8 Å². The first-order chi connectivity index (χ1) is 5.20. The molecule has 0 heterocycles. The summed E-state index contributed by atoms with van der Waals surface area (Å²) in [5, 5.41) is 0. The number of carbonyl (C=O) groups is 1. The zero-order chi connectivity index (χ0) is 8.27. The van der Waals surface area contributed by atoms with Crippen LogP contribution >= 0.6 is 0 Å². The molecular formula is C10H14O. The van der Waals surface area contributed by atoms with Gasteiger partial charge in [0.05, 0.1) is 0 Å². The molecule has 0 spiro atoms. The van der Waals surface area contributed by atoms with Crippen molar-refractivity contribution in [2.45, 2.75) is 26.7 Å². The average molecular weight is 150 g/mol. The van der Waals surface area contributed by atoms with Gasteiger partial charge in [-0.3, -0.25) is 4.79 Å². The predicted octanol–water partition coefficient (Wildman–Crippen LogP) is 2.49. The van der Waals surface area contributed by atoms with Gasteiger partial charge in [0, 0.05) is 5.92 Å². The molecule has 0 saturated carbocycles. The van der Waals surface area contributed by atoms with E-state index in [1.54, 1.807) is 6.92 Å². The molecule has 0 bridgehead atoms. The largest absolute Gasteiger partial charge is 0.299 e. The summed E-state index contributed by atoms with van der Waals surface area (Å²) in [5.41, 5.74) is 1.27. The van der Waals surface area contributed by atoms with Crippen molar-refractivity contribution in [3.63, 3.8) is 0 Å². The van der Waals surface area contributed by atoms with Crippen molar-refractivity contribution in [1.82, 2.24) is 0 Å². The molecule has 0 N–H and O–H groups in total. The first-order valence-electron chi connectivity index (χ1n) is 4.05. The number of carbonyl (C=O) groups excluding carboxylic acids is 1. The van der Waals surface area contributed by atoms with E-state index in [0.717, 1.165) is 12.8 Å². The summed E-state index contributed by atoms with van der Waals surface area (Å²) in [4.78, 5) is 11.0. The van der Waals surface area contributed by atoms with Gasteiger partial charge in [-0.15, -0.1) is 0 Å². The molecule has 1 aliphatic carbocycles. The van der Waals surface area contributed by atoms with Crippen LogP contribution in [0.15, 0.2) is 23.8 Å². The minimum atomic E-state index is 0.156. The fraction of sp³-hybridized carbons (Fsp3) is 0.500. The van der Waals surface area contributed by atoms with E-state index in [1.807, 2.05) is 12.2 Å².